The molecule has 1 nitrogen and oxygen atoms in total. The molecule has 21 heavy (non-hydrogen) atoms. The highest BCUT2D eigenvalue weighted by Crippen LogP contribution is 2.29. The molecule has 0 aliphatic carbocycles. The average Bonchev–Trinajstić information content (AvgIpc) is 2.50. The summed E-state index contributed by atoms with van der Waals surface area (Å²) in [4.78, 5) is 0. The van der Waals surface area contributed by atoms with E-state index in [2.05, 4.69) is 84.5 Å². The van der Waals surface area contributed by atoms with Crippen LogP contribution in [0.5, 0.6) is 0 Å². The van der Waals surface area contributed by atoms with Crippen molar-refractivity contribution in [2.45, 2.75) is 46.1 Å². The van der Waals surface area contributed by atoms with Gasteiger partial charge < -0.3 is 5.32 Å². The van der Waals surface area contributed by atoms with Gasteiger partial charge in [-0.3, -0.25) is 0 Å². The second-order valence-corrected chi connectivity index (χ2v) is 6.44. The molecule has 0 amide bonds. The van der Waals surface area contributed by atoms with Crippen molar-refractivity contribution < 1.29 is 0 Å². The standard InChI is InChI=1S/C19H24BrN/c1-4-5-8-16-10-12-17(13-11-16)15(3)21-18-9-6-7-14(2)19(18)20/h6-7,9-13,15,21H,4-5,8H2,1-3H3. The second kappa shape index (κ2) is 7.65. The van der Waals surface area contributed by atoms with Crippen LogP contribution < -0.4 is 5.32 Å². The van der Waals surface area contributed by atoms with Crippen LogP contribution in [0, 0.1) is 6.92 Å². The van der Waals surface area contributed by atoms with Crippen molar-refractivity contribution in [1.82, 2.24) is 0 Å². The molecule has 2 aromatic rings. The molecule has 0 saturated heterocycles. The summed E-state index contributed by atoms with van der Waals surface area (Å²) in [5, 5.41) is 3.58. The maximum Gasteiger partial charge on any atom is 0.0492 e. The molecule has 0 bridgehead atoms. The summed E-state index contributed by atoms with van der Waals surface area (Å²) in [7, 11) is 0. The summed E-state index contributed by atoms with van der Waals surface area (Å²) in [6, 6.07) is 15.6. The predicted octanol–water partition coefficient (Wildman–Crippen LogP) is 6.27. The van der Waals surface area contributed by atoms with Gasteiger partial charge >= 0.3 is 0 Å². The van der Waals surface area contributed by atoms with E-state index < -0.39 is 0 Å². The summed E-state index contributed by atoms with van der Waals surface area (Å²) in [6.45, 7) is 6.55. The molecule has 0 spiro atoms. The number of nitrogens with one attached hydrogen (secondary N) is 1. The van der Waals surface area contributed by atoms with Gasteiger partial charge in [0.05, 0.1) is 0 Å². The van der Waals surface area contributed by atoms with Crippen LogP contribution in [-0.2, 0) is 6.42 Å². The van der Waals surface area contributed by atoms with Gasteiger partial charge in [-0.1, -0.05) is 49.7 Å². The summed E-state index contributed by atoms with van der Waals surface area (Å²) < 4.78 is 1.15. The molecule has 0 saturated carbocycles. The number of rotatable bonds is 6. The van der Waals surface area contributed by atoms with E-state index in [4.69, 9.17) is 0 Å². The summed E-state index contributed by atoms with van der Waals surface area (Å²) in [5.41, 5.74) is 5.16. The fourth-order valence-corrected chi connectivity index (χ4v) is 2.81. The van der Waals surface area contributed by atoms with Crippen LogP contribution in [0.15, 0.2) is 46.9 Å². The fraction of sp³-hybridized carbons (Fsp3) is 0.368. The normalized spacial score (nSPS) is 12.2. The van der Waals surface area contributed by atoms with Gasteiger partial charge in [0.1, 0.15) is 0 Å². The van der Waals surface area contributed by atoms with Crippen LogP contribution in [0.25, 0.3) is 0 Å². The second-order valence-electron chi connectivity index (χ2n) is 5.65. The zero-order chi connectivity index (χ0) is 15.2. The SMILES string of the molecule is CCCCc1ccc(C(C)Nc2cccc(C)c2Br)cc1. The number of hydrogen-bond donors (Lipinski definition) is 1. The monoisotopic (exact) mass is 345 g/mol. The Morgan fingerprint density at radius 2 is 1.81 bits per heavy atom. The minimum Gasteiger partial charge on any atom is -0.378 e. The number of halogens is 1. The minimum absolute atomic E-state index is 0.295. The lowest BCUT2D eigenvalue weighted by Crippen LogP contribution is -2.07. The van der Waals surface area contributed by atoms with Gasteiger partial charge in [-0.25, -0.2) is 0 Å². The maximum absolute atomic E-state index is 3.66. The molecule has 1 unspecified atom stereocenters. The van der Waals surface area contributed by atoms with Crippen LogP contribution in [0.2, 0.25) is 0 Å². The van der Waals surface area contributed by atoms with Gasteiger partial charge in [0.2, 0.25) is 0 Å². The number of benzene rings is 2. The first-order valence-corrected chi connectivity index (χ1v) is 8.51. The third-order valence-electron chi connectivity index (χ3n) is 3.86. The lowest BCUT2D eigenvalue weighted by molar-refractivity contribution is 0.793. The quantitative estimate of drug-likeness (QED) is 0.650. The van der Waals surface area contributed by atoms with Crippen molar-refractivity contribution in [3.63, 3.8) is 0 Å². The van der Waals surface area contributed by atoms with Crippen molar-refractivity contribution in [3.8, 4) is 0 Å². The molecule has 0 aromatic heterocycles. The van der Waals surface area contributed by atoms with E-state index in [-0.39, 0.29) is 0 Å². The molecule has 0 heterocycles. The largest absolute Gasteiger partial charge is 0.378 e. The number of hydrogen-bond acceptors (Lipinski definition) is 1. The Bertz CT molecular complexity index is 575. The highest BCUT2D eigenvalue weighted by Gasteiger charge is 2.08. The lowest BCUT2D eigenvalue weighted by Gasteiger charge is -2.18. The highest BCUT2D eigenvalue weighted by molar-refractivity contribution is 9.10. The van der Waals surface area contributed by atoms with Gasteiger partial charge in [0.15, 0.2) is 0 Å². The number of aryl methyl sites for hydroxylation is 2. The Morgan fingerprint density at radius 3 is 2.48 bits per heavy atom. The molecule has 0 aliphatic heterocycles. The Labute approximate surface area is 136 Å². The van der Waals surface area contributed by atoms with Gasteiger partial charge in [-0.05, 0) is 65.4 Å². The summed E-state index contributed by atoms with van der Waals surface area (Å²) in [5.74, 6) is 0. The zero-order valence-corrected chi connectivity index (χ0v) is 14.7. The molecule has 0 radical (unpaired) electrons. The first kappa shape index (κ1) is 16.1. The smallest absolute Gasteiger partial charge is 0.0492 e. The molecule has 1 N–H and O–H groups in total. The van der Waals surface area contributed by atoms with E-state index in [1.807, 2.05) is 0 Å². The molecule has 1 atom stereocenters. The van der Waals surface area contributed by atoms with Crippen molar-refractivity contribution in [1.29, 1.82) is 0 Å². The third kappa shape index (κ3) is 4.34. The maximum atomic E-state index is 3.66. The minimum atomic E-state index is 0.295. The van der Waals surface area contributed by atoms with Crippen molar-refractivity contribution in [2.75, 3.05) is 5.32 Å². The molecule has 2 aromatic carbocycles. The lowest BCUT2D eigenvalue weighted by atomic mass is 10.0. The number of anilines is 1. The molecule has 112 valence electrons. The van der Waals surface area contributed by atoms with Crippen molar-refractivity contribution in [3.05, 3.63) is 63.6 Å². The number of unbranched alkanes of at least 4 members (excludes halogenated alkanes) is 1. The molecule has 0 aliphatic rings. The highest BCUT2D eigenvalue weighted by atomic mass is 79.9. The van der Waals surface area contributed by atoms with Crippen molar-refractivity contribution >= 4 is 21.6 Å². The average molecular weight is 346 g/mol. The zero-order valence-electron chi connectivity index (χ0n) is 13.1. The van der Waals surface area contributed by atoms with Crippen LogP contribution in [-0.4, -0.2) is 0 Å². The fourth-order valence-electron chi connectivity index (χ4n) is 2.43. The molecule has 2 rings (SSSR count). The predicted molar refractivity (Wildman–Crippen MR) is 96.0 cm³/mol. The van der Waals surface area contributed by atoms with Gasteiger partial charge in [-0.15, -0.1) is 0 Å². The first-order valence-electron chi connectivity index (χ1n) is 7.72. The van der Waals surface area contributed by atoms with E-state index in [0.717, 1.165) is 10.2 Å². The molecule has 0 fully saturated rings. The van der Waals surface area contributed by atoms with Gasteiger partial charge in [0.25, 0.3) is 0 Å². The Hall–Kier alpha value is -1.28. The van der Waals surface area contributed by atoms with Crippen LogP contribution in [0.3, 0.4) is 0 Å². The van der Waals surface area contributed by atoms with Gasteiger partial charge in [0, 0.05) is 16.2 Å². The Morgan fingerprint density at radius 1 is 1.10 bits per heavy atom. The van der Waals surface area contributed by atoms with Crippen LogP contribution in [0.1, 0.15) is 49.4 Å². The summed E-state index contributed by atoms with van der Waals surface area (Å²) in [6.07, 6.45) is 3.70. The molecule has 2 heteroatoms. The Balaban J connectivity index is 2.06. The first-order chi connectivity index (χ1) is 10.1. The molecular weight excluding hydrogens is 322 g/mol. The summed E-state index contributed by atoms with van der Waals surface area (Å²) >= 11 is 3.66. The third-order valence-corrected chi connectivity index (χ3v) is 4.92. The van der Waals surface area contributed by atoms with E-state index in [1.165, 1.54) is 36.0 Å². The van der Waals surface area contributed by atoms with E-state index in [9.17, 15) is 0 Å². The Kier molecular flexibility index (Phi) is 5.86. The van der Waals surface area contributed by atoms with Crippen LogP contribution in [0.4, 0.5) is 5.69 Å². The van der Waals surface area contributed by atoms with E-state index in [1.54, 1.807) is 0 Å². The van der Waals surface area contributed by atoms with E-state index in [0.29, 0.717) is 6.04 Å². The van der Waals surface area contributed by atoms with Crippen molar-refractivity contribution in [2.24, 2.45) is 0 Å². The van der Waals surface area contributed by atoms with Crippen LogP contribution >= 0.6 is 15.9 Å². The topological polar surface area (TPSA) is 12.0 Å². The van der Waals surface area contributed by atoms with Gasteiger partial charge in [-0.2, -0.15) is 0 Å². The molecular formula is C19H24BrN. The van der Waals surface area contributed by atoms with E-state index >= 15 is 0 Å².